The first-order chi connectivity index (χ1) is 6.22. The molecular weight excluding hydrogens is 168 g/mol. The number of aliphatic hydroxyl groups is 1. The van der Waals surface area contributed by atoms with Gasteiger partial charge in [-0.2, -0.15) is 0 Å². The zero-order chi connectivity index (χ0) is 9.68. The molecule has 0 amide bonds. The van der Waals surface area contributed by atoms with Crippen molar-refractivity contribution in [2.24, 2.45) is 5.73 Å². The molecular formula is C9H14N2O2. The average Bonchev–Trinajstić information content (AvgIpc) is 2.16. The number of aryl methyl sites for hydroxylation is 1. The van der Waals surface area contributed by atoms with Crippen molar-refractivity contribution >= 4 is 0 Å². The summed E-state index contributed by atoms with van der Waals surface area (Å²) in [6.45, 7) is 2.16. The fourth-order valence-corrected chi connectivity index (χ4v) is 0.785. The molecule has 0 bridgehead atoms. The van der Waals surface area contributed by atoms with Gasteiger partial charge in [0.2, 0.25) is 5.88 Å². The molecule has 0 aliphatic rings. The monoisotopic (exact) mass is 182 g/mol. The summed E-state index contributed by atoms with van der Waals surface area (Å²) in [7, 11) is 0. The number of hydrogen-bond donors (Lipinski definition) is 2. The van der Waals surface area contributed by atoms with E-state index in [0.717, 1.165) is 5.56 Å². The smallest absolute Gasteiger partial charge is 0.213 e. The molecule has 0 aliphatic heterocycles. The number of aromatic nitrogens is 1. The predicted octanol–water partition coefficient (Wildman–Crippen LogP) is 0.0884. The van der Waals surface area contributed by atoms with Crippen LogP contribution < -0.4 is 10.5 Å². The van der Waals surface area contributed by atoms with Gasteiger partial charge in [0.15, 0.2) is 0 Å². The van der Waals surface area contributed by atoms with E-state index in [9.17, 15) is 0 Å². The molecule has 1 aromatic rings. The van der Waals surface area contributed by atoms with Crippen LogP contribution in [0.4, 0.5) is 0 Å². The average molecular weight is 182 g/mol. The lowest BCUT2D eigenvalue weighted by Crippen LogP contribution is -2.31. The predicted molar refractivity (Wildman–Crippen MR) is 49.5 cm³/mol. The molecule has 4 nitrogen and oxygen atoms in total. The molecule has 0 saturated heterocycles. The van der Waals surface area contributed by atoms with Gasteiger partial charge in [-0.1, -0.05) is 6.07 Å². The summed E-state index contributed by atoms with van der Waals surface area (Å²) >= 11 is 0. The fraction of sp³-hybridized carbons (Fsp3) is 0.444. The van der Waals surface area contributed by atoms with E-state index in [2.05, 4.69) is 4.98 Å². The van der Waals surface area contributed by atoms with Crippen LogP contribution in [0.15, 0.2) is 18.3 Å². The minimum Gasteiger partial charge on any atom is -0.476 e. The molecule has 0 spiro atoms. The first-order valence-electron chi connectivity index (χ1n) is 4.14. The number of rotatable bonds is 4. The fourth-order valence-electron chi connectivity index (χ4n) is 0.785. The van der Waals surface area contributed by atoms with Crippen LogP contribution in [0.25, 0.3) is 0 Å². The summed E-state index contributed by atoms with van der Waals surface area (Å²) in [6, 6.07) is 3.34. The molecule has 1 rings (SSSR count). The maximum Gasteiger partial charge on any atom is 0.213 e. The number of nitrogens with two attached hydrogens (primary N) is 1. The lowest BCUT2D eigenvalue weighted by Gasteiger charge is -2.09. The Bertz CT molecular complexity index is 248. The van der Waals surface area contributed by atoms with Crippen LogP contribution in [-0.4, -0.2) is 29.3 Å². The van der Waals surface area contributed by atoms with Crippen molar-refractivity contribution in [2.45, 2.75) is 13.0 Å². The zero-order valence-corrected chi connectivity index (χ0v) is 7.60. The highest BCUT2D eigenvalue weighted by Gasteiger charge is 2.01. The number of nitrogens with zero attached hydrogens (tertiary/aromatic N) is 1. The molecule has 1 unspecified atom stereocenters. The van der Waals surface area contributed by atoms with Gasteiger partial charge in [-0.15, -0.1) is 0 Å². The highest BCUT2D eigenvalue weighted by Crippen LogP contribution is 2.06. The highest BCUT2D eigenvalue weighted by atomic mass is 16.5. The summed E-state index contributed by atoms with van der Waals surface area (Å²) in [6.07, 6.45) is 1.72. The third-order valence-corrected chi connectivity index (χ3v) is 1.56. The minimum absolute atomic E-state index is 0.0775. The third-order valence-electron chi connectivity index (χ3n) is 1.56. The van der Waals surface area contributed by atoms with E-state index in [4.69, 9.17) is 15.6 Å². The quantitative estimate of drug-likeness (QED) is 0.692. The van der Waals surface area contributed by atoms with Gasteiger partial charge in [0.1, 0.15) is 6.61 Å². The Morgan fingerprint density at radius 1 is 1.62 bits per heavy atom. The normalized spacial score (nSPS) is 12.5. The lowest BCUT2D eigenvalue weighted by molar-refractivity contribution is 0.203. The van der Waals surface area contributed by atoms with E-state index in [-0.39, 0.29) is 19.3 Å². The molecule has 0 aliphatic carbocycles. The maximum atomic E-state index is 8.63. The van der Waals surface area contributed by atoms with Gasteiger partial charge in [-0.25, -0.2) is 4.98 Å². The van der Waals surface area contributed by atoms with Crippen molar-refractivity contribution < 1.29 is 9.84 Å². The van der Waals surface area contributed by atoms with Gasteiger partial charge >= 0.3 is 0 Å². The van der Waals surface area contributed by atoms with Crippen molar-refractivity contribution in [2.75, 3.05) is 13.2 Å². The van der Waals surface area contributed by atoms with Gasteiger partial charge in [-0.3, -0.25) is 0 Å². The Morgan fingerprint density at radius 2 is 2.38 bits per heavy atom. The van der Waals surface area contributed by atoms with Gasteiger partial charge in [-0.05, 0) is 12.5 Å². The van der Waals surface area contributed by atoms with E-state index >= 15 is 0 Å². The SMILES string of the molecule is Cc1ccc(OCC(N)CO)nc1. The molecule has 13 heavy (non-hydrogen) atoms. The Kier molecular flexibility index (Phi) is 3.67. The van der Waals surface area contributed by atoms with Crippen LogP contribution in [0.5, 0.6) is 5.88 Å². The largest absolute Gasteiger partial charge is 0.476 e. The van der Waals surface area contributed by atoms with Crippen LogP contribution in [0.3, 0.4) is 0 Å². The van der Waals surface area contributed by atoms with Crippen molar-refractivity contribution in [1.82, 2.24) is 4.98 Å². The van der Waals surface area contributed by atoms with Crippen LogP contribution in [0.1, 0.15) is 5.56 Å². The summed E-state index contributed by atoms with van der Waals surface area (Å²) in [5, 5.41) is 8.63. The molecule has 0 fully saturated rings. The molecule has 1 aromatic heterocycles. The van der Waals surface area contributed by atoms with E-state index in [0.29, 0.717) is 5.88 Å². The van der Waals surface area contributed by atoms with E-state index < -0.39 is 0 Å². The highest BCUT2D eigenvalue weighted by molar-refractivity contribution is 5.16. The Morgan fingerprint density at radius 3 is 2.92 bits per heavy atom. The van der Waals surface area contributed by atoms with Crippen molar-refractivity contribution in [3.8, 4) is 5.88 Å². The van der Waals surface area contributed by atoms with E-state index in [1.54, 1.807) is 12.3 Å². The van der Waals surface area contributed by atoms with Crippen molar-refractivity contribution in [3.63, 3.8) is 0 Å². The minimum atomic E-state index is -0.344. The van der Waals surface area contributed by atoms with Gasteiger partial charge in [0.05, 0.1) is 12.6 Å². The summed E-state index contributed by atoms with van der Waals surface area (Å²) in [4.78, 5) is 4.03. The van der Waals surface area contributed by atoms with Crippen molar-refractivity contribution in [1.29, 1.82) is 0 Å². The Labute approximate surface area is 77.4 Å². The molecule has 1 atom stereocenters. The maximum absolute atomic E-state index is 8.63. The second-order valence-corrected chi connectivity index (χ2v) is 2.93. The first kappa shape index (κ1) is 9.95. The molecule has 0 saturated carbocycles. The number of aliphatic hydroxyl groups excluding tert-OH is 1. The van der Waals surface area contributed by atoms with Gasteiger partial charge in [0, 0.05) is 12.3 Å². The second kappa shape index (κ2) is 4.79. The first-order valence-corrected chi connectivity index (χ1v) is 4.14. The summed E-state index contributed by atoms with van der Waals surface area (Å²) < 4.78 is 5.22. The van der Waals surface area contributed by atoms with Crippen LogP contribution in [0.2, 0.25) is 0 Å². The van der Waals surface area contributed by atoms with Crippen LogP contribution in [-0.2, 0) is 0 Å². The topological polar surface area (TPSA) is 68.4 Å². The summed E-state index contributed by atoms with van der Waals surface area (Å²) in [5.74, 6) is 0.537. The molecule has 0 aromatic carbocycles. The standard InChI is InChI=1S/C9H14N2O2/c1-7-2-3-9(11-4-7)13-6-8(10)5-12/h2-4,8,12H,5-6,10H2,1H3. The third kappa shape index (κ3) is 3.40. The Hall–Kier alpha value is -1.13. The van der Waals surface area contributed by atoms with E-state index in [1.165, 1.54) is 0 Å². The molecule has 1 heterocycles. The molecule has 4 heteroatoms. The van der Waals surface area contributed by atoms with Crippen LogP contribution in [0, 0.1) is 6.92 Å². The number of pyridine rings is 1. The molecule has 72 valence electrons. The van der Waals surface area contributed by atoms with Gasteiger partial charge < -0.3 is 15.6 Å². The molecule has 3 N–H and O–H groups in total. The zero-order valence-electron chi connectivity index (χ0n) is 7.60. The summed E-state index contributed by atoms with van der Waals surface area (Å²) in [5.41, 5.74) is 6.53. The number of ether oxygens (including phenoxy) is 1. The molecule has 0 radical (unpaired) electrons. The Balaban J connectivity index is 2.41. The van der Waals surface area contributed by atoms with E-state index in [1.807, 2.05) is 13.0 Å². The second-order valence-electron chi connectivity index (χ2n) is 2.93. The van der Waals surface area contributed by atoms with Gasteiger partial charge in [0.25, 0.3) is 0 Å². The lowest BCUT2D eigenvalue weighted by atomic mass is 10.3. The van der Waals surface area contributed by atoms with Crippen LogP contribution >= 0.6 is 0 Å². The van der Waals surface area contributed by atoms with Crippen molar-refractivity contribution in [3.05, 3.63) is 23.9 Å². The number of hydrogen-bond acceptors (Lipinski definition) is 4.